The van der Waals surface area contributed by atoms with Crippen molar-refractivity contribution in [3.63, 3.8) is 0 Å². The summed E-state index contributed by atoms with van der Waals surface area (Å²) >= 11 is 6.16. The molecule has 1 aromatic carbocycles. The summed E-state index contributed by atoms with van der Waals surface area (Å²) in [7, 11) is 1.74. The summed E-state index contributed by atoms with van der Waals surface area (Å²) in [4.78, 5) is 12.5. The smallest absolute Gasteiger partial charge is 0.256 e. The lowest BCUT2D eigenvalue weighted by atomic mass is 9.64. The second-order valence-electron chi connectivity index (χ2n) is 6.06. The highest BCUT2D eigenvalue weighted by molar-refractivity contribution is 6.33. The van der Waals surface area contributed by atoms with E-state index in [2.05, 4.69) is 34.7 Å². The number of halogens is 1. The normalized spacial score (nSPS) is 16.1. The van der Waals surface area contributed by atoms with E-state index < -0.39 is 0 Å². The standard InChI is InChI=1S/C17H20ClN3O/c1-12-14(15(18)21(2)20-12)16(22)19-11-17(9-6-10-17)13-7-4-3-5-8-13/h3-5,7-8H,6,9-11H2,1-2H3,(H,19,22). The Morgan fingerprint density at radius 2 is 2.05 bits per heavy atom. The van der Waals surface area contributed by atoms with E-state index in [0.717, 1.165) is 12.8 Å². The van der Waals surface area contributed by atoms with Crippen molar-refractivity contribution in [1.82, 2.24) is 15.1 Å². The van der Waals surface area contributed by atoms with E-state index in [0.29, 0.717) is 23.0 Å². The first-order valence-corrected chi connectivity index (χ1v) is 7.94. The molecule has 0 atom stereocenters. The quantitative estimate of drug-likeness (QED) is 0.941. The third-order valence-corrected chi connectivity index (χ3v) is 5.10. The molecule has 1 amide bonds. The van der Waals surface area contributed by atoms with E-state index in [-0.39, 0.29) is 11.3 Å². The molecule has 0 saturated heterocycles. The van der Waals surface area contributed by atoms with E-state index >= 15 is 0 Å². The molecular formula is C17H20ClN3O. The highest BCUT2D eigenvalue weighted by Crippen LogP contribution is 2.43. The van der Waals surface area contributed by atoms with Crippen LogP contribution in [0.2, 0.25) is 5.15 Å². The minimum Gasteiger partial charge on any atom is -0.351 e. The van der Waals surface area contributed by atoms with Crippen molar-refractivity contribution in [2.45, 2.75) is 31.6 Å². The van der Waals surface area contributed by atoms with Gasteiger partial charge >= 0.3 is 0 Å². The van der Waals surface area contributed by atoms with Crippen LogP contribution in [0.4, 0.5) is 0 Å². The average molecular weight is 318 g/mol. The van der Waals surface area contributed by atoms with E-state index in [1.54, 1.807) is 14.0 Å². The Labute approximate surface area is 135 Å². The minimum absolute atomic E-state index is 0.0690. The van der Waals surface area contributed by atoms with Crippen LogP contribution in [0.25, 0.3) is 0 Å². The lowest BCUT2D eigenvalue weighted by Gasteiger charge is -2.42. The molecule has 22 heavy (non-hydrogen) atoms. The van der Waals surface area contributed by atoms with Gasteiger partial charge in [-0.3, -0.25) is 9.48 Å². The molecule has 0 spiro atoms. The van der Waals surface area contributed by atoms with Gasteiger partial charge in [0, 0.05) is 19.0 Å². The molecule has 0 aliphatic heterocycles. The van der Waals surface area contributed by atoms with Crippen LogP contribution >= 0.6 is 11.6 Å². The Hall–Kier alpha value is -1.81. The van der Waals surface area contributed by atoms with Gasteiger partial charge in [-0.05, 0) is 25.3 Å². The van der Waals surface area contributed by atoms with Crippen LogP contribution in [-0.2, 0) is 12.5 Å². The van der Waals surface area contributed by atoms with E-state index in [1.807, 2.05) is 6.07 Å². The molecule has 0 bridgehead atoms. The largest absolute Gasteiger partial charge is 0.351 e. The predicted octanol–water partition coefficient (Wildman–Crippen LogP) is 3.23. The molecule has 1 fully saturated rings. The second kappa shape index (κ2) is 5.76. The predicted molar refractivity (Wildman–Crippen MR) is 87.3 cm³/mol. The highest BCUT2D eigenvalue weighted by atomic mass is 35.5. The first-order chi connectivity index (χ1) is 10.5. The molecule has 4 nitrogen and oxygen atoms in total. The zero-order chi connectivity index (χ0) is 15.7. The number of amides is 1. The Morgan fingerprint density at radius 1 is 1.36 bits per heavy atom. The topological polar surface area (TPSA) is 46.9 Å². The molecule has 3 rings (SSSR count). The molecular weight excluding hydrogens is 298 g/mol. The molecule has 1 heterocycles. The van der Waals surface area contributed by atoms with Gasteiger partial charge in [0.1, 0.15) is 5.15 Å². The fourth-order valence-corrected chi connectivity index (χ4v) is 3.45. The molecule has 1 N–H and O–H groups in total. The fraction of sp³-hybridized carbons (Fsp3) is 0.412. The lowest BCUT2D eigenvalue weighted by Crippen LogP contribution is -2.45. The molecule has 0 radical (unpaired) electrons. The number of carbonyl (C=O) groups is 1. The molecule has 1 aromatic heterocycles. The Morgan fingerprint density at radius 3 is 2.55 bits per heavy atom. The van der Waals surface area contributed by atoms with Gasteiger partial charge in [0.15, 0.2) is 0 Å². The van der Waals surface area contributed by atoms with Crippen molar-refractivity contribution in [2.24, 2.45) is 7.05 Å². The highest BCUT2D eigenvalue weighted by Gasteiger charge is 2.39. The van der Waals surface area contributed by atoms with Gasteiger partial charge < -0.3 is 5.32 Å². The Kier molecular flexibility index (Phi) is 3.96. The SMILES string of the molecule is Cc1nn(C)c(Cl)c1C(=O)NCC1(c2ccccc2)CCC1. The number of hydrogen-bond donors (Lipinski definition) is 1. The average Bonchev–Trinajstić information content (AvgIpc) is 2.72. The number of aromatic nitrogens is 2. The maximum atomic E-state index is 12.5. The van der Waals surface area contributed by atoms with Crippen molar-refractivity contribution in [1.29, 1.82) is 0 Å². The number of hydrogen-bond acceptors (Lipinski definition) is 2. The maximum Gasteiger partial charge on any atom is 0.256 e. The lowest BCUT2D eigenvalue weighted by molar-refractivity contribution is 0.0927. The van der Waals surface area contributed by atoms with Gasteiger partial charge in [-0.25, -0.2) is 0 Å². The van der Waals surface area contributed by atoms with Crippen LogP contribution in [0.15, 0.2) is 30.3 Å². The Bertz CT molecular complexity index is 689. The molecule has 116 valence electrons. The maximum absolute atomic E-state index is 12.5. The van der Waals surface area contributed by atoms with E-state index in [4.69, 9.17) is 11.6 Å². The fourth-order valence-electron chi connectivity index (χ4n) is 3.19. The van der Waals surface area contributed by atoms with E-state index in [9.17, 15) is 4.79 Å². The van der Waals surface area contributed by atoms with Gasteiger partial charge in [0.05, 0.1) is 11.3 Å². The summed E-state index contributed by atoms with van der Waals surface area (Å²) in [6.07, 6.45) is 3.42. The van der Waals surface area contributed by atoms with Crippen LogP contribution in [0.1, 0.15) is 40.9 Å². The third kappa shape index (κ3) is 2.52. The molecule has 1 saturated carbocycles. The van der Waals surface area contributed by atoms with Gasteiger partial charge in [-0.1, -0.05) is 48.4 Å². The number of benzene rings is 1. The van der Waals surface area contributed by atoms with Crippen LogP contribution in [-0.4, -0.2) is 22.2 Å². The van der Waals surface area contributed by atoms with Gasteiger partial charge in [-0.15, -0.1) is 0 Å². The molecule has 2 aromatic rings. The molecule has 0 unspecified atom stereocenters. The Balaban J connectivity index is 1.75. The third-order valence-electron chi connectivity index (χ3n) is 4.66. The summed E-state index contributed by atoms with van der Waals surface area (Å²) in [5, 5.41) is 7.64. The first kappa shape index (κ1) is 15.1. The second-order valence-corrected chi connectivity index (χ2v) is 6.42. The summed E-state index contributed by atoms with van der Waals surface area (Å²) < 4.78 is 1.53. The number of carbonyl (C=O) groups excluding carboxylic acids is 1. The molecule has 1 aliphatic rings. The summed E-state index contributed by atoms with van der Waals surface area (Å²) in [5.74, 6) is -0.141. The monoisotopic (exact) mass is 317 g/mol. The van der Waals surface area contributed by atoms with E-state index in [1.165, 1.54) is 16.7 Å². The first-order valence-electron chi connectivity index (χ1n) is 7.56. The number of aryl methyl sites for hydroxylation is 2. The number of nitrogens with one attached hydrogen (secondary N) is 1. The van der Waals surface area contributed by atoms with Crippen LogP contribution in [0.3, 0.4) is 0 Å². The minimum atomic E-state index is -0.141. The van der Waals surface area contributed by atoms with Crippen molar-refractivity contribution < 1.29 is 4.79 Å². The zero-order valence-electron chi connectivity index (χ0n) is 12.9. The molecule has 1 aliphatic carbocycles. The van der Waals surface area contributed by atoms with Crippen LogP contribution < -0.4 is 5.32 Å². The van der Waals surface area contributed by atoms with Crippen molar-refractivity contribution in [3.05, 3.63) is 52.3 Å². The van der Waals surface area contributed by atoms with Crippen molar-refractivity contribution in [2.75, 3.05) is 6.54 Å². The van der Waals surface area contributed by atoms with Gasteiger partial charge in [0.2, 0.25) is 0 Å². The van der Waals surface area contributed by atoms with Crippen molar-refractivity contribution in [3.8, 4) is 0 Å². The van der Waals surface area contributed by atoms with Crippen LogP contribution in [0.5, 0.6) is 0 Å². The zero-order valence-corrected chi connectivity index (χ0v) is 13.7. The summed E-state index contributed by atoms with van der Waals surface area (Å²) in [5.41, 5.74) is 2.51. The van der Waals surface area contributed by atoms with Crippen LogP contribution in [0, 0.1) is 6.92 Å². The van der Waals surface area contributed by atoms with Crippen molar-refractivity contribution >= 4 is 17.5 Å². The summed E-state index contributed by atoms with van der Waals surface area (Å²) in [6.45, 7) is 2.44. The van der Waals surface area contributed by atoms with Gasteiger partial charge in [0.25, 0.3) is 5.91 Å². The summed E-state index contributed by atoms with van der Waals surface area (Å²) in [6, 6.07) is 10.4. The van der Waals surface area contributed by atoms with Gasteiger partial charge in [-0.2, -0.15) is 5.10 Å². The number of rotatable bonds is 4. The number of nitrogens with zero attached hydrogens (tertiary/aromatic N) is 2. The molecule has 5 heteroatoms.